The van der Waals surface area contributed by atoms with Crippen LogP contribution in [0.4, 0.5) is 0 Å². The van der Waals surface area contributed by atoms with E-state index in [4.69, 9.17) is 4.52 Å². The molecule has 6 nitrogen and oxygen atoms in total. The van der Waals surface area contributed by atoms with Crippen molar-refractivity contribution < 1.29 is 9.32 Å². The zero-order valence-electron chi connectivity index (χ0n) is 15.1. The van der Waals surface area contributed by atoms with E-state index < -0.39 is 0 Å². The molecular weight excluding hydrogens is 328 g/mol. The Kier molecular flexibility index (Phi) is 4.82. The number of carbonyl (C=O) groups is 1. The van der Waals surface area contributed by atoms with Gasteiger partial charge in [0.25, 0.3) is 0 Å². The van der Waals surface area contributed by atoms with Gasteiger partial charge in [-0.2, -0.15) is 0 Å². The summed E-state index contributed by atoms with van der Waals surface area (Å²) in [6.45, 7) is 3.46. The van der Waals surface area contributed by atoms with Gasteiger partial charge in [-0.3, -0.25) is 4.79 Å². The number of amides is 1. The second kappa shape index (κ2) is 7.40. The van der Waals surface area contributed by atoms with Crippen LogP contribution >= 0.6 is 0 Å². The predicted octanol–water partition coefficient (Wildman–Crippen LogP) is 3.50. The molecule has 1 aliphatic heterocycles. The molecule has 0 N–H and O–H groups in total. The fourth-order valence-electron chi connectivity index (χ4n) is 4.02. The molecule has 2 aromatic rings. The molecule has 0 aromatic carbocycles. The summed E-state index contributed by atoms with van der Waals surface area (Å²) in [5.41, 5.74) is 2.67. The molecule has 4 rings (SSSR count). The van der Waals surface area contributed by atoms with Crippen LogP contribution in [-0.2, 0) is 4.79 Å². The molecule has 1 fully saturated rings. The molecule has 1 aliphatic carbocycles. The molecular formula is C20H24N4O2. The zero-order valence-corrected chi connectivity index (χ0v) is 15.1. The van der Waals surface area contributed by atoms with Crippen LogP contribution < -0.4 is 0 Å². The highest BCUT2D eigenvalue weighted by atomic mass is 16.5. The number of nitrogens with zero attached hydrogens (tertiary/aromatic N) is 4. The van der Waals surface area contributed by atoms with Crippen molar-refractivity contribution in [1.29, 1.82) is 0 Å². The van der Waals surface area contributed by atoms with Crippen molar-refractivity contribution in [3.63, 3.8) is 0 Å². The molecule has 2 aromatic heterocycles. The number of likely N-dealkylation sites (tertiary alicyclic amines) is 1. The van der Waals surface area contributed by atoms with Crippen LogP contribution in [0.5, 0.6) is 0 Å². The first-order chi connectivity index (χ1) is 12.7. The number of rotatable bonds is 3. The van der Waals surface area contributed by atoms with E-state index in [1.54, 1.807) is 12.5 Å². The van der Waals surface area contributed by atoms with E-state index in [1.165, 1.54) is 0 Å². The molecule has 1 amide bonds. The summed E-state index contributed by atoms with van der Waals surface area (Å²) in [6, 6.07) is 1.91. The van der Waals surface area contributed by atoms with Gasteiger partial charge in [-0.15, -0.1) is 0 Å². The third-order valence-electron chi connectivity index (χ3n) is 5.37. The molecule has 2 atom stereocenters. The van der Waals surface area contributed by atoms with E-state index in [2.05, 4.69) is 27.3 Å². The number of allylic oxidation sites excluding steroid dienone is 2. The van der Waals surface area contributed by atoms with Crippen LogP contribution in [-0.4, -0.2) is 39.0 Å². The third kappa shape index (κ3) is 3.41. The van der Waals surface area contributed by atoms with Crippen molar-refractivity contribution in [2.45, 2.75) is 44.9 Å². The van der Waals surface area contributed by atoms with Gasteiger partial charge in [-0.1, -0.05) is 17.3 Å². The monoisotopic (exact) mass is 352 g/mol. The minimum absolute atomic E-state index is 0.139. The van der Waals surface area contributed by atoms with Gasteiger partial charge < -0.3 is 9.42 Å². The second-order valence-electron chi connectivity index (χ2n) is 7.26. The average Bonchev–Trinajstić information content (AvgIpc) is 3.14. The van der Waals surface area contributed by atoms with Gasteiger partial charge >= 0.3 is 0 Å². The minimum Gasteiger partial charge on any atom is -0.356 e. The van der Waals surface area contributed by atoms with Crippen molar-refractivity contribution in [2.24, 2.45) is 5.92 Å². The lowest BCUT2D eigenvalue weighted by molar-refractivity contribution is -0.137. The average molecular weight is 352 g/mol. The molecule has 0 saturated carbocycles. The Balaban J connectivity index is 1.55. The van der Waals surface area contributed by atoms with Crippen LogP contribution in [0.1, 0.15) is 49.4 Å². The summed E-state index contributed by atoms with van der Waals surface area (Å²) in [7, 11) is 0. The summed E-state index contributed by atoms with van der Waals surface area (Å²) in [5.74, 6) is 1.33. The van der Waals surface area contributed by atoms with Gasteiger partial charge in [0.05, 0.1) is 17.0 Å². The van der Waals surface area contributed by atoms with Crippen LogP contribution in [0.15, 0.2) is 35.3 Å². The Bertz CT molecular complexity index is 814. The Labute approximate surface area is 153 Å². The van der Waals surface area contributed by atoms with E-state index in [0.717, 1.165) is 62.1 Å². The Morgan fingerprint density at radius 1 is 1.31 bits per heavy atom. The van der Waals surface area contributed by atoms with E-state index >= 15 is 0 Å². The first kappa shape index (κ1) is 16.9. The minimum atomic E-state index is 0.139. The third-order valence-corrected chi connectivity index (χ3v) is 5.37. The summed E-state index contributed by atoms with van der Waals surface area (Å²) >= 11 is 0. The van der Waals surface area contributed by atoms with E-state index in [-0.39, 0.29) is 11.8 Å². The largest absolute Gasteiger partial charge is 0.356 e. The molecule has 1 saturated heterocycles. The summed E-state index contributed by atoms with van der Waals surface area (Å²) in [5, 5.41) is 3.98. The smallest absolute Gasteiger partial charge is 0.226 e. The molecule has 0 bridgehead atoms. The number of carbonyl (C=O) groups excluding carboxylic acids is 1. The van der Waals surface area contributed by atoms with Gasteiger partial charge in [0, 0.05) is 37.2 Å². The van der Waals surface area contributed by atoms with E-state index in [1.807, 2.05) is 17.9 Å². The maximum Gasteiger partial charge on any atom is 0.226 e. The maximum atomic E-state index is 12.9. The van der Waals surface area contributed by atoms with Crippen molar-refractivity contribution >= 4 is 5.91 Å². The van der Waals surface area contributed by atoms with Crippen LogP contribution in [0.25, 0.3) is 11.3 Å². The normalized spacial score (nSPS) is 23.2. The quantitative estimate of drug-likeness (QED) is 0.791. The molecule has 26 heavy (non-hydrogen) atoms. The van der Waals surface area contributed by atoms with Gasteiger partial charge in [-0.25, -0.2) is 9.97 Å². The lowest BCUT2D eigenvalue weighted by Gasteiger charge is -2.35. The number of hydrogen-bond acceptors (Lipinski definition) is 5. The number of aromatic nitrogens is 3. The number of aryl methyl sites for hydroxylation is 1. The molecule has 136 valence electrons. The topological polar surface area (TPSA) is 72.1 Å². The Morgan fingerprint density at radius 2 is 2.23 bits per heavy atom. The standard InChI is InChI=1S/C20H24N4O2/c1-14-10-18(26-23-14)17-11-21-13-22-19(17)16-8-5-9-24(12-16)20(25)15-6-3-2-4-7-15/h2-3,10-11,13,15-16H,4-9,12H2,1H3/t15-,16-/m0/s1. The summed E-state index contributed by atoms with van der Waals surface area (Å²) in [6.07, 6.45) is 12.5. The SMILES string of the molecule is Cc1cc(-c2cncnc2[C@H]2CCCN(C(=O)[C@H]3CC=CCC3)C2)on1. The lowest BCUT2D eigenvalue weighted by atomic mass is 9.88. The van der Waals surface area contributed by atoms with Crippen molar-refractivity contribution in [3.8, 4) is 11.3 Å². The second-order valence-corrected chi connectivity index (χ2v) is 7.26. The van der Waals surface area contributed by atoms with E-state index in [0.29, 0.717) is 11.7 Å². The predicted molar refractivity (Wildman–Crippen MR) is 97.3 cm³/mol. The molecule has 2 aliphatic rings. The van der Waals surface area contributed by atoms with Crippen molar-refractivity contribution in [3.05, 3.63) is 42.1 Å². The first-order valence-electron chi connectivity index (χ1n) is 9.39. The highest BCUT2D eigenvalue weighted by Crippen LogP contribution is 2.34. The summed E-state index contributed by atoms with van der Waals surface area (Å²) in [4.78, 5) is 23.7. The van der Waals surface area contributed by atoms with Gasteiger partial charge in [0.2, 0.25) is 5.91 Å². The van der Waals surface area contributed by atoms with Gasteiger partial charge in [0.15, 0.2) is 5.76 Å². The fraction of sp³-hybridized carbons (Fsp3) is 0.500. The van der Waals surface area contributed by atoms with Crippen LogP contribution in [0, 0.1) is 12.8 Å². The Morgan fingerprint density at radius 3 is 3.00 bits per heavy atom. The number of piperidine rings is 1. The zero-order chi connectivity index (χ0) is 17.9. The summed E-state index contributed by atoms with van der Waals surface area (Å²) < 4.78 is 5.43. The highest BCUT2D eigenvalue weighted by molar-refractivity contribution is 5.79. The van der Waals surface area contributed by atoms with Crippen molar-refractivity contribution in [1.82, 2.24) is 20.0 Å². The molecule has 3 heterocycles. The fourth-order valence-corrected chi connectivity index (χ4v) is 4.02. The van der Waals surface area contributed by atoms with E-state index in [9.17, 15) is 4.79 Å². The highest BCUT2D eigenvalue weighted by Gasteiger charge is 2.31. The maximum absolute atomic E-state index is 12.9. The Hall–Kier alpha value is -2.50. The lowest BCUT2D eigenvalue weighted by Crippen LogP contribution is -2.42. The molecule has 0 unspecified atom stereocenters. The van der Waals surface area contributed by atoms with Crippen LogP contribution in [0.3, 0.4) is 0 Å². The first-order valence-corrected chi connectivity index (χ1v) is 9.39. The molecule has 6 heteroatoms. The number of hydrogen-bond donors (Lipinski definition) is 0. The van der Waals surface area contributed by atoms with Crippen LogP contribution in [0.2, 0.25) is 0 Å². The van der Waals surface area contributed by atoms with Crippen molar-refractivity contribution in [2.75, 3.05) is 13.1 Å². The van der Waals surface area contributed by atoms with Gasteiger partial charge in [0.1, 0.15) is 6.33 Å². The van der Waals surface area contributed by atoms with Gasteiger partial charge in [-0.05, 0) is 39.0 Å². The molecule has 0 spiro atoms. The molecule has 0 radical (unpaired) electrons.